The van der Waals surface area contributed by atoms with Crippen LogP contribution in [0.4, 0.5) is 0 Å². The molecule has 0 atom stereocenters. The van der Waals surface area contributed by atoms with Crippen molar-refractivity contribution in [2.24, 2.45) is 11.5 Å². The van der Waals surface area contributed by atoms with E-state index in [2.05, 4.69) is 134 Å². The molecule has 0 unspecified atom stereocenters. The van der Waals surface area contributed by atoms with Gasteiger partial charge in [-0.2, -0.15) is 0 Å². The summed E-state index contributed by atoms with van der Waals surface area (Å²) in [6, 6.07) is 65.4. The van der Waals surface area contributed by atoms with Gasteiger partial charge in [0, 0.05) is 12.1 Å². The van der Waals surface area contributed by atoms with E-state index in [0.29, 0.717) is 6.54 Å². The van der Waals surface area contributed by atoms with Crippen LogP contribution in [0.2, 0.25) is 0 Å². The molecule has 0 radical (unpaired) electrons. The maximum atomic E-state index is 7.01. The summed E-state index contributed by atoms with van der Waals surface area (Å²) in [7, 11) is 0. The molecule has 5 N–H and O–H groups in total. The molecule has 0 spiro atoms. The van der Waals surface area contributed by atoms with E-state index >= 15 is 0 Å². The predicted octanol–water partition coefficient (Wildman–Crippen LogP) is 11.4. The number of nitrogen functional groups attached to an aromatic ring is 1. The van der Waals surface area contributed by atoms with Gasteiger partial charge in [0.25, 0.3) is 0 Å². The first-order valence-corrected chi connectivity index (χ1v) is 16.8. The molecule has 244 valence electrons. The zero-order valence-corrected chi connectivity index (χ0v) is 28.3. The van der Waals surface area contributed by atoms with Crippen LogP contribution in [0.1, 0.15) is 16.7 Å². The third-order valence-electron chi connectivity index (χ3n) is 8.72. The number of hydrogen-bond acceptors (Lipinski definition) is 2. The molecule has 0 amide bonds. The molecule has 3 heteroatoms. The van der Waals surface area contributed by atoms with Crippen molar-refractivity contribution < 1.29 is 0 Å². The van der Waals surface area contributed by atoms with Crippen LogP contribution < -0.4 is 11.5 Å². The fourth-order valence-electron chi connectivity index (χ4n) is 6.16. The summed E-state index contributed by atoms with van der Waals surface area (Å²) in [5.41, 5.74) is 21.4. The van der Waals surface area contributed by atoms with Gasteiger partial charge in [0.05, 0.1) is 0 Å². The molecule has 8 aromatic carbocycles. The van der Waals surface area contributed by atoms with E-state index in [-0.39, 0.29) is 5.84 Å². The van der Waals surface area contributed by atoms with Crippen LogP contribution in [0, 0.1) is 12.3 Å². The van der Waals surface area contributed by atoms with Gasteiger partial charge in [0.15, 0.2) is 0 Å². The first kappa shape index (κ1) is 33.6. The third kappa shape index (κ3) is 7.87. The molecule has 3 nitrogen and oxygen atoms in total. The lowest BCUT2D eigenvalue weighted by atomic mass is 9.85. The number of hydrogen-bond donors (Lipinski definition) is 3. The van der Waals surface area contributed by atoms with Crippen molar-refractivity contribution in [3.05, 3.63) is 205 Å². The first-order valence-electron chi connectivity index (χ1n) is 16.8. The van der Waals surface area contributed by atoms with Crippen LogP contribution in [0.15, 0.2) is 188 Å². The summed E-state index contributed by atoms with van der Waals surface area (Å²) < 4.78 is 0. The molecule has 0 heterocycles. The van der Waals surface area contributed by atoms with Gasteiger partial charge in [-0.25, -0.2) is 0 Å². The van der Waals surface area contributed by atoms with E-state index in [1.54, 1.807) is 0 Å². The summed E-state index contributed by atoms with van der Waals surface area (Å²) in [6.45, 7) is 2.78. The van der Waals surface area contributed by atoms with Gasteiger partial charge in [-0.1, -0.05) is 194 Å². The predicted molar refractivity (Wildman–Crippen MR) is 214 cm³/mol. The smallest absolute Gasteiger partial charge is 0.122 e. The molecular formula is C47H41N3. The summed E-state index contributed by atoms with van der Waals surface area (Å²) in [6.07, 6.45) is 0. The van der Waals surface area contributed by atoms with E-state index in [4.69, 9.17) is 16.9 Å². The second kappa shape index (κ2) is 16.2. The van der Waals surface area contributed by atoms with Gasteiger partial charge >= 0.3 is 0 Å². The first-order chi connectivity index (χ1) is 24.5. The van der Waals surface area contributed by atoms with Gasteiger partial charge in [-0.3, -0.25) is 5.41 Å². The minimum absolute atomic E-state index is 0.121. The Labute approximate surface area is 295 Å². The topological polar surface area (TPSA) is 75.9 Å². The molecule has 0 aliphatic heterocycles. The molecule has 0 saturated heterocycles. The Hall–Kier alpha value is -6.29. The highest BCUT2D eigenvalue weighted by molar-refractivity contribution is 6.21. The fraction of sp³-hybridized carbons (Fsp3) is 0.0426. The molecular weight excluding hydrogens is 607 g/mol. The van der Waals surface area contributed by atoms with Crippen molar-refractivity contribution in [1.82, 2.24) is 0 Å². The lowest BCUT2D eigenvalue weighted by molar-refractivity contribution is 1.07. The van der Waals surface area contributed by atoms with Crippen molar-refractivity contribution in [3.63, 3.8) is 0 Å². The molecule has 8 aromatic rings. The molecule has 50 heavy (non-hydrogen) atoms. The lowest BCUT2D eigenvalue weighted by Crippen LogP contribution is -2.10. The zero-order chi connectivity index (χ0) is 34.7. The lowest BCUT2D eigenvalue weighted by Gasteiger charge is -2.18. The summed E-state index contributed by atoms with van der Waals surface area (Å²) in [5.74, 6) is 0.121. The molecule has 0 aromatic heterocycles. The quantitative estimate of drug-likeness (QED) is 0.0987. The van der Waals surface area contributed by atoms with Crippen LogP contribution in [0.25, 0.3) is 54.9 Å². The van der Waals surface area contributed by atoms with Gasteiger partial charge in [0.1, 0.15) is 5.84 Å². The summed E-state index contributed by atoms with van der Waals surface area (Å²) in [5, 5.41) is 12.2. The number of nitrogens with one attached hydrogen (secondary N) is 1. The highest BCUT2D eigenvalue weighted by atomic mass is 14.7. The van der Waals surface area contributed by atoms with Crippen LogP contribution >= 0.6 is 0 Å². The van der Waals surface area contributed by atoms with Crippen molar-refractivity contribution in [3.8, 4) is 33.4 Å². The Bertz CT molecular complexity index is 2240. The van der Waals surface area contributed by atoms with Crippen molar-refractivity contribution in [2.45, 2.75) is 13.5 Å². The van der Waals surface area contributed by atoms with Crippen molar-refractivity contribution in [2.75, 3.05) is 0 Å². The maximum Gasteiger partial charge on any atom is 0.122 e. The van der Waals surface area contributed by atoms with E-state index in [1.165, 1.54) is 66.1 Å². The van der Waals surface area contributed by atoms with Gasteiger partial charge < -0.3 is 11.5 Å². The second-order valence-corrected chi connectivity index (χ2v) is 12.1. The van der Waals surface area contributed by atoms with Gasteiger partial charge in [-0.05, 0) is 67.4 Å². The van der Waals surface area contributed by atoms with Crippen molar-refractivity contribution in [1.29, 1.82) is 5.41 Å². The Morgan fingerprint density at radius 1 is 0.420 bits per heavy atom. The third-order valence-corrected chi connectivity index (χ3v) is 8.72. The number of amidine groups is 1. The number of nitrogens with two attached hydrogens (primary N) is 2. The molecule has 0 bridgehead atoms. The van der Waals surface area contributed by atoms with E-state index in [1.807, 2.05) is 60.7 Å². The van der Waals surface area contributed by atoms with Crippen LogP contribution in [-0.4, -0.2) is 5.84 Å². The van der Waals surface area contributed by atoms with Gasteiger partial charge in [-0.15, -0.1) is 0 Å². The largest absolute Gasteiger partial charge is 0.384 e. The molecule has 0 saturated carbocycles. The fourth-order valence-corrected chi connectivity index (χ4v) is 6.16. The Kier molecular flexibility index (Phi) is 10.9. The molecule has 0 aliphatic carbocycles. The normalized spacial score (nSPS) is 10.4. The molecule has 8 rings (SSSR count). The van der Waals surface area contributed by atoms with Crippen molar-refractivity contribution >= 4 is 27.4 Å². The average molecular weight is 648 g/mol. The maximum absolute atomic E-state index is 7.01. The van der Waals surface area contributed by atoms with Crippen LogP contribution in [0.5, 0.6) is 0 Å². The highest BCUT2D eigenvalue weighted by Crippen LogP contribution is 2.43. The number of fused-ring (bicyclic) bond motifs is 2. The summed E-state index contributed by atoms with van der Waals surface area (Å²) in [4.78, 5) is 0. The number of aryl methyl sites for hydroxylation is 1. The highest BCUT2D eigenvalue weighted by Gasteiger charge is 2.16. The Morgan fingerprint density at radius 2 is 0.760 bits per heavy atom. The summed E-state index contributed by atoms with van der Waals surface area (Å²) >= 11 is 0. The Balaban J connectivity index is 0.000000208. The monoisotopic (exact) mass is 647 g/mol. The molecule has 0 fully saturated rings. The number of rotatable bonds is 5. The standard InChI is InChI=1S/C33H24.C7H8N2.C7H9N/c1-23-15-17-26(18-16-23)32-28-11-5-7-13-30(28)33(31-14-8-6-12-29(31)32)27-21-19-25(20-22-27)24-9-3-2-4-10-24;8-7(9)6-4-2-1-3-5-6;8-6-7-4-2-1-3-5-7/h2-22H,1H3;1-5H,(H3,8,9);1-5H,6,8H2. The SMILES string of the molecule is Cc1ccc(-c2c3ccccc3c(-c3ccc(-c4ccccc4)cc3)c3ccccc23)cc1.N=C(N)c1ccccc1.NCc1ccccc1. The van der Waals surface area contributed by atoms with Crippen LogP contribution in [0.3, 0.4) is 0 Å². The zero-order valence-electron chi connectivity index (χ0n) is 28.3. The average Bonchev–Trinajstić information content (AvgIpc) is 3.19. The Morgan fingerprint density at radius 3 is 1.14 bits per heavy atom. The minimum Gasteiger partial charge on any atom is -0.384 e. The van der Waals surface area contributed by atoms with Crippen LogP contribution in [-0.2, 0) is 6.54 Å². The number of benzene rings is 8. The second-order valence-electron chi connectivity index (χ2n) is 12.1. The van der Waals surface area contributed by atoms with Gasteiger partial charge in [0.2, 0.25) is 0 Å². The van der Waals surface area contributed by atoms with E-state index in [9.17, 15) is 0 Å². The van der Waals surface area contributed by atoms with E-state index in [0.717, 1.165) is 5.56 Å². The molecule has 0 aliphatic rings. The van der Waals surface area contributed by atoms with E-state index < -0.39 is 0 Å². The minimum atomic E-state index is 0.121.